The van der Waals surface area contributed by atoms with Gasteiger partial charge in [0, 0.05) is 0 Å². The van der Waals surface area contributed by atoms with Crippen molar-refractivity contribution in [3.8, 4) is 6.07 Å². The van der Waals surface area contributed by atoms with Crippen LogP contribution < -0.4 is 0 Å². The fraction of sp³-hybridized carbons (Fsp3) is 0.583. The number of halogens is 1. The predicted molar refractivity (Wildman–Crippen MR) is 110 cm³/mol. The van der Waals surface area contributed by atoms with Crippen LogP contribution in [0.5, 0.6) is 0 Å². The van der Waals surface area contributed by atoms with Crippen LogP contribution in [0.4, 0.5) is 4.39 Å². The maximum absolute atomic E-state index is 12.9. The Morgan fingerprint density at radius 1 is 1.29 bits per heavy atom. The Bertz CT molecular complexity index is 699. The molecule has 1 aliphatic rings. The maximum Gasteiger partial charge on any atom is 0.338 e. The van der Waals surface area contributed by atoms with Crippen molar-refractivity contribution in [2.24, 2.45) is 5.92 Å². The van der Waals surface area contributed by atoms with Crippen LogP contribution in [0.15, 0.2) is 36.2 Å². The number of hydrogen-bond donors (Lipinski definition) is 0. The molecule has 1 saturated carbocycles. The van der Waals surface area contributed by atoms with Gasteiger partial charge in [0.15, 0.2) is 5.83 Å². The molecule has 1 aromatic carbocycles. The second-order valence-corrected chi connectivity index (χ2v) is 7.77. The molecule has 1 aromatic rings. The summed E-state index contributed by atoms with van der Waals surface area (Å²) in [7, 11) is 0. The number of carbonyl (C=O) groups is 1. The van der Waals surface area contributed by atoms with Crippen molar-refractivity contribution in [1.82, 2.24) is 0 Å². The Hall–Kier alpha value is -2.15. The van der Waals surface area contributed by atoms with E-state index in [0.29, 0.717) is 23.8 Å². The van der Waals surface area contributed by atoms with E-state index in [4.69, 9.17) is 10.00 Å². The number of nitrogens with zero attached hydrogens (tertiary/aromatic N) is 1. The summed E-state index contributed by atoms with van der Waals surface area (Å²) in [6.07, 6.45) is 9.87. The first-order valence-electron chi connectivity index (χ1n) is 10.6. The molecular formula is C24H32FNO2. The van der Waals surface area contributed by atoms with Crippen LogP contribution in [-0.2, 0) is 4.74 Å². The van der Waals surface area contributed by atoms with Gasteiger partial charge in [-0.25, -0.2) is 4.79 Å². The molecule has 1 unspecified atom stereocenters. The van der Waals surface area contributed by atoms with Gasteiger partial charge in [0.2, 0.25) is 0 Å². The molecule has 2 rings (SSSR count). The lowest BCUT2D eigenvalue weighted by Gasteiger charge is -2.29. The van der Waals surface area contributed by atoms with Crippen LogP contribution >= 0.6 is 0 Å². The molecule has 1 fully saturated rings. The fourth-order valence-electron chi connectivity index (χ4n) is 4.18. The summed E-state index contributed by atoms with van der Waals surface area (Å²) >= 11 is 0. The van der Waals surface area contributed by atoms with Crippen LogP contribution in [0, 0.1) is 17.2 Å². The zero-order valence-electron chi connectivity index (χ0n) is 17.1. The molecule has 152 valence electrons. The van der Waals surface area contributed by atoms with E-state index >= 15 is 0 Å². The maximum atomic E-state index is 12.9. The second kappa shape index (κ2) is 11.6. The van der Waals surface area contributed by atoms with E-state index < -0.39 is 5.83 Å². The largest absolute Gasteiger partial charge is 0.459 e. The molecule has 1 atom stereocenters. The van der Waals surface area contributed by atoms with Crippen molar-refractivity contribution in [3.05, 3.63) is 47.3 Å². The lowest BCUT2D eigenvalue weighted by atomic mass is 9.76. The second-order valence-electron chi connectivity index (χ2n) is 7.77. The molecule has 0 radical (unpaired) electrons. The third kappa shape index (κ3) is 6.48. The zero-order chi connectivity index (χ0) is 20.4. The van der Waals surface area contributed by atoms with Crippen LogP contribution in [0.25, 0.3) is 0 Å². The summed E-state index contributed by atoms with van der Waals surface area (Å²) in [6, 6.07) is 9.38. The molecule has 0 saturated heterocycles. The smallest absolute Gasteiger partial charge is 0.338 e. The average Bonchev–Trinajstić information content (AvgIpc) is 2.73. The predicted octanol–water partition coefficient (Wildman–Crippen LogP) is 6.85. The highest BCUT2D eigenvalue weighted by Crippen LogP contribution is 2.39. The number of ether oxygens (including phenoxy) is 1. The van der Waals surface area contributed by atoms with Crippen molar-refractivity contribution in [1.29, 1.82) is 5.26 Å². The van der Waals surface area contributed by atoms with E-state index in [1.165, 1.54) is 12.1 Å². The highest BCUT2D eigenvalue weighted by Gasteiger charge is 2.26. The van der Waals surface area contributed by atoms with Crippen molar-refractivity contribution < 1.29 is 13.9 Å². The van der Waals surface area contributed by atoms with E-state index in [1.807, 2.05) is 18.2 Å². The molecule has 28 heavy (non-hydrogen) atoms. The lowest BCUT2D eigenvalue weighted by molar-refractivity contribution is 0.0269. The number of esters is 1. The number of nitriles is 1. The van der Waals surface area contributed by atoms with Crippen molar-refractivity contribution >= 4 is 5.97 Å². The fourth-order valence-corrected chi connectivity index (χ4v) is 4.18. The minimum absolute atomic E-state index is 0.0110. The average molecular weight is 386 g/mol. The monoisotopic (exact) mass is 385 g/mol. The summed E-state index contributed by atoms with van der Waals surface area (Å²) in [4.78, 5) is 12.8. The molecule has 4 heteroatoms. The third-order valence-electron chi connectivity index (χ3n) is 5.81. The topological polar surface area (TPSA) is 50.1 Å². The Labute approximate surface area is 168 Å². The molecule has 1 aliphatic carbocycles. The zero-order valence-corrected chi connectivity index (χ0v) is 17.1. The van der Waals surface area contributed by atoms with Gasteiger partial charge in [0.25, 0.3) is 0 Å². The van der Waals surface area contributed by atoms with Crippen molar-refractivity contribution in [2.75, 3.05) is 0 Å². The summed E-state index contributed by atoms with van der Waals surface area (Å²) in [5.74, 6) is 0.0505. The first-order chi connectivity index (χ1) is 13.6. The van der Waals surface area contributed by atoms with Gasteiger partial charge in [-0.15, -0.1) is 0 Å². The van der Waals surface area contributed by atoms with E-state index in [1.54, 1.807) is 0 Å². The minimum atomic E-state index is -0.686. The molecule has 0 amide bonds. The van der Waals surface area contributed by atoms with Gasteiger partial charge in [-0.05, 0) is 80.9 Å². The summed E-state index contributed by atoms with van der Waals surface area (Å²) < 4.78 is 18.7. The molecule has 0 aliphatic heterocycles. The van der Waals surface area contributed by atoms with Gasteiger partial charge in [-0.1, -0.05) is 38.5 Å². The lowest BCUT2D eigenvalue weighted by Crippen LogP contribution is -2.20. The quantitative estimate of drug-likeness (QED) is 0.345. The van der Waals surface area contributed by atoms with E-state index in [-0.39, 0.29) is 12.1 Å². The van der Waals surface area contributed by atoms with Gasteiger partial charge >= 0.3 is 5.97 Å². The van der Waals surface area contributed by atoms with Crippen LogP contribution in [0.1, 0.15) is 93.5 Å². The van der Waals surface area contributed by atoms with Gasteiger partial charge in [-0.3, -0.25) is 0 Å². The van der Waals surface area contributed by atoms with Gasteiger partial charge in [-0.2, -0.15) is 9.65 Å². The standard InChI is InChI=1S/C24H32FNO2/c1-3-8-21(4-2)28-24(27)23-12-6-5-11-22(23)19-15-13-18(14-16-19)9-7-10-20(25)17-26/h5-6,10-12,18-19,21H,3-4,7-9,13-16H2,1-2H3. The Balaban J connectivity index is 1.96. The first kappa shape index (κ1) is 22.1. The number of benzene rings is 1. The van der Waals surface area contributed by atoms with E-state index in [2.05, 4.69) is 19.9 Å². The Morgan fingerprint density at radius 3 is 2.64 bits per heavy atom. The Morgan fingerprint density at radius 2 is 2.00 bits per heavy atom. The van der Waals surface area contributed by atoms with Gasteiger partial charge < -0.3 is 4.74 Å². The molecular weight excluding hydrogens is 353 g/mol. The Kier molecular flexibility index (Phi) is 9.20. The van der Waals surface area contributed by atoms with Crippen LogP contribution in [-0.4, -0.2) is 12.1 Å². The van der Waals surface area contributed by atoms with E-state index in [9.17, 15) is 9.18 Å². The number of hydrogen-bond acceptors (Lipinski definition) is 3. The van der Waals surface area contributed by atoms with Crippen molar-refractivity contribution in [3.63, 3.8) is 0 Å². The number of allylic oxidation sites excluding steroid dienone is 2. The summed E-state index contributed by atoms with van der Waals surface area (Å²) in [5.41, 5.74) is 1.81. The van der Waals surface area contributed by atoms with Crippen molar-refractivity contribution in [2.45, 2.75) is 83.7 Å². The molecule has 0 aromatic heterocycles. The minimum Gasteiger partial charge on any atom is -0.459 e. The molecule has 0 spiro atoms. The molecule has 0 N–H and O–H groups in total. The van der Waals surface area contributed by atoms with E-state index in [0.717, 1.165) is 56.9 Å². The number of rotatable bonds is 9. The third-order valence-corrected chi connectivity index (χ3v) is 5.81. The van der Waals surface area contributed by atoms with Gasteiger partial charge in [0.1, 0.15) is 12.2 Å². The molecule has 3 nitrogen and oxygen atoms in total. The van der Waals surface area contributed by atoms with Crippen LogP contribution in [0.2, 0.25) is 0 Å². The number of carbonyl (C=O) groups excluding carboxylic acids is 1. The SMILES string of the molecule is CCCC(CC)OC(=O)c1ccccc1C1CCC(CCC=C(F)C#N)CC1. The first-order valence-corrected chi connectivity index (χ1v) is 10.6. The van der Waals surface area contributed by atoms with Gasteiger partial charge in [0.05, 0.1) is 5.56 Å². The molecule has 0 bridgehead atoms. The highest BCUT2D eigenvalue weighted by molar-refractivity contribution is 5.91. The van der Waals surface area contributed by atoms with Crippen LogP contribution in [0.3, 0.4) is 0 Å². The summed E-state index contributed by atoms with van der Waals surface area (Å²) in [5, 5.41) is 8.47. The normalized spacial score (nSPS) is 21.0. The highest BCUT2D eigenvalue weighted by atomic mass is 19.1. The summed E-state index contributed by atoms with van der Waals surface area (Å²) in [6.45, 7) is 4.16. The molecule has 0 heterocycles.